The zero-order chi connectivity index (χ0) is 14.8. The van der Waals surface area contributed by atoms with E-state index < -0.39 is 0 Å². The fourth-order valence-electron chi connectivity index (χ4n) is 2.65. The molecule has 4 heteroatoms. The van der Waals surface area contributed by atoms with E-state index in [2.05, 4.69) is 19.1 Å². The number of nitrogens with zero attached hydrogens (tertiary/aromatic N) is 1. The van der Waals surface area contributed by atoms with Crippen molar-refractivity contribution < 1.29 is 4.79 Å². The first-order valence-electron chi connectivity index (χ1n) is 7.24. The Bertz CT molecular complexity index is 693. The number of hydrogen-bond acceptors (Lipinski definition) is 3. The molecule has 0 aliphatic carbocycles. The Hall–Kier alpha value is -1.39. The molecule has 0 saturated carbocycles. The lowest BCUT2D eigenvalue weighted by Gasteiger charge is -2.18. The van der Waals surface area contributed by atoms with E-state index in [0.29, 0.717) is 4.32 Å². The molecule has 108 valence electrons. The molecule has 21 heavy (non-hydrogen) atoms. The number of anilines is 1. The van der Waals surface area contributed by atoms with Crippen molar-refractivity contribution in [3.05, 3.63) is 42.5 Å². The van der Waals surface area contributed by atoms with Gasteiger partial charge in [0.25, 0.3) is 0 Å². The number of amides is 1. The minimum atomic E-state index is -0.0172. The summed E-state index contributed by atoms with van der Waals surface area (Å²) in [4.78, 5) is 14.4. The molecule has 1 aliphatic heterocycles. The normalized spacial score (nSPS) is 18.7. The zero-order valence-electron chi connectivity index (χ0n) is 11.9. The van der Waals surface area contributed by atoms with Gasteiger partial charge in [-0.2, -0.15) is 0 Å². The molecule has 2 nitrogen and oxygen atoms in total. The van der Waals surface area contributed by atoms with E-state index in [-0.39, 0.29) is 11.2 Å². The molecule has 1 fully saturated rings. The minimum absolute atomic E-state index is 0.0172. The predicted octanol–water partition coefficient (Wildman–Crippen LogP) is 4.76. The summed E-state index contributed by atoms with van der Waals surface area (Å²) >= 11 is 6.99. The average Bonchev–Trinajstić information content (AvgIpc) is 2.79. The summed E-state index contributed by atoms with van der Waals surface area (Å²) in [5, 5.41) is 2.19. The Kier molecular flexibility index (Phi) is 4.27. The van der Waals surface area contributed by atoms with Gasteiger partial charge in [-0.1, -0.05) is 80.1 Å². The number of unbranched alkanes of at least 4 members (excludes halogenated alkanes) is 1. The summed E-state index contributed by atoms with van der Waals surface area (Å²) in [6.45, 7) is 2.14. The van der Waals surface area contributed by atoms with Gasteiger partial charge in [0.1, 0.15) is 4.32 Å². The fraction of sp³-hybridized carbons (Fsp3) is 0.294. The molecule has 2 aromatic carbocycles. The average molecular weight is 315 g/mol. The van der Waals surface area contributed by atoms with Gasteiger partial charge in [0.05, 0.1) is 10.9 Å². The van der Waals surface area contributed by atoms with Gasteiger partial charge >= 0.3 is 0 Å². The third kappa shape index (κ3) is 2.70. The van der Waals surface area contributed by atoms with E-state index in [1.807, 2.05) is 30.3 Å². The van der Waals surface area contributed by atoms with Crippen LogP contribution in [0.3, 0.4) is 0 Å². The number of carbonyl (C=O) groups is 1. The maximum atomic E-state index is 12.7. The summed E-state index contributed by atoms with van der Waals surface area (Å²) in [5.41, 5.74) is 0.912. The first-order chi connectivity index (χ1) is 10.2. The summed E-state index contributed by atoms with van der Waals surface area (Å²) in [6.07, 6.45) is 3.07. The van der Waals surface area contributed by atoms with Crippen molar-refractivity contribution >= 4 is 50.7 Å². The van der Waals surface area contributed by atoms with Crippen molar-refractivity contribution in [1.29, 1.82) is 0 Å². The van der Waals surface area contributed by atoms with E-state index in [9.17, 15) is 4.79 Å². The third-order valence-corrected chi connectivity index (χ3v) is 5.33. The van der Waals surface area contributed by atoms with Crippen molar-refractivity contribution in [2.24, 2.45) is 0 Å². The molecular weight excluding hydrogens is 298 g/mol. The van der Waals surface area contributed by atoms with Crippen LogP contribution >= 0.6 is 24.0 Å². The molecule has 1 heterocycles. The lowest BCUT2D eigenvalue weighted by molar-refractivity contribution is -0.117. The maximum Gasteiger partial charge on any atom is 0.246 e. The van der Waals surface area contributed by atoms with Crippen LogP contribution in [0.1, 0.15) is 26.2 Å². The van der Waals surface area contributed by atoms with Crippen LogP contribution in [0.2, 0.25) is 0 Å². The second-order valence-corrected chi connectivity index (χ2v) is 7.02. The first-order valence-corrected chi connectivity index (χ1v) is 8.53. The van der Waals surface area contributed by atoms with Crippen LogP contribution in [-0.2, 0) is 4.79 Å². The highest BCUT2D eigenvalue weighted by molar-refractivity contribution is 8.25. The first kappa shape index (κ1) is 14.5. The largest absolute Gasteiger partial charge is 0.273 e. The second kappa shape index (κ2) is 6.16. The van der Waals surface area contributed by atoms with Crippen LogP contribution in [0.25, 0.3) is 10.8 Å². The zero-order valence-corrected chi connectivity index (χ0v) is 13.5. The van der Waals surface area contributed by atoms with Crippen molar-refractivity contribution in [2.75, 3.05) is 4.90 Å². The number of fused-ring (bicyclic) bond motifs is 1. The quantitative estimate of drug-likeness (QED) is 0.759. The standard InChI is InChI=1S/C17H17NOS2/c1-2-3-11-15-16(19)18(17(20)21-15)14-10-6-8-12-7-4-5-9-13(12)14/h4-10,15H,2-3,11H2,1H3. The summed E-state index contributed by atoms with van der Waals surface area (Å²) in [5.74, 6) is 0.134. The number of rotatable bonds is 4. The van der Waals surface area contributed by atoms with Crippen molar-refractivity contribution in [1.82, 2.24) is 0 Å². The number of thioether (sulfide) groups is 1. The lowest BCUT2D eigenvalue weighted by Crippen LogP contribution is -2.31. The molecule has 1 amide bonds. The molecule has 0 radical (unpaired) electrons. The van der Waals surface area contributed by atoms with Gasteiger partial charge in [-0.25, -0.2) is 0 Å². The molecule has 0 N–H and O–H groups in total. The number of carbonyl (C=O) groups excluding carboxylic acids is 1. The van der Waals surface area contributed by atoms with Crippen LogP contribution in [0, 0.1) is 0 Å². The minimum Gasteiger partial charge on any atom is -0.273 e. The van der Waals surface area contributed by atoms with Crippen LogP contribution < -0.4 is 4.90 Å². The molecule has 0 bridgehead atoms. The predicted molar refractivity (Wildman–Crippen MR) is 94.9 cm³/mol. The van der Waals surface area contributed by atoms with Crippen molar-refractivity contribution in [3.63, 3.8) is 0 Å². The lowest BCUT2D eigenvalue weighted by atomic mass is 10.1. The van der Waals surface area contributed by atoms with Crippen LogP contribution in [0.4, 0.5) is 5.69 Å². The monoisotopic (exact) mass is 315 g/mol. The summed E-state index contributed by atoms with van der Waals surface area (Å²) in [7, 11) is 0. The molecule has 3 rings (SSSR count). The molecule has 1 aliphatic rings. The van der Waals surface area contributed by atoms with Crippen molar-refractivity contribution in [3.8, 4) is 0 Å². The molecule has 1 saturated heterocycles. The Morgan fingerprint density at radius 1 is 1.19 bits per heavy atom. The van der Waals surface area contributed by atoms with Gasteiger partial charge < -0.3 is 0 Å². The highest BCUT2D eigenvalue weighted by Gasteiger charge is 2.37. The number of benzene rings is 2. The maximum absolute atomic E-state index is 12.7. The summed E-state index contributed by atoms with van der Waals surface area (Å²) < 4.78 is 0.678. The third-order valence-electron chi connectivity index (χ3n) is 3.75. The van der Waals surface area contributed by atoms with E-state index in [0.717, 1.165) is 35.7 Å². The SMILES string of the molecule is CCCCC1SC(=S)N(c2cccc3ccccc23)C1=O. The van der Waals surface area contributed by atoms with Crippen molar-refractivity contribution in [2.45, 2.75) is 31.4 Å². The molecule has 0 spiro atoms. The Balaban J connectivity index is 1.99. The van der Waals surface area contributed by atoms with E-state index >= 15 is 0 Å². The van der Waals surface area contributed by atoms with Gasteiger partial charge in [-0.3, -0.25) is 9.69 Å². The highest BCUT2D eigenvalue weighted by Crippen LogP contribution is 2.37. The fourth-order valence-corrected chi connectivity index (χ4v) is 4.22. The Labute approximate surface area is 134 Å². The van der Waals surface area contributed by atoms with Gasteiger partial charge in [0.15, 0.2) is 0 Å². The number of thiocarbonyl (C=S) groups is 1. The molecule has 2 aromatic rings. The Morgan fingerprint density at radius 3 is 2.76 bits per heavy atom. The van der Waals surface area contributed by atoms with E-state index in [1.54, 1.807) is 4.90 Å². The highest BCUT2D eigenvalue weighted by atomic mass is 32.2. The van der Waals surface area contributed by atoms with Crippen LogP contribution in [-0.4, -0.2) is 15.5 Å². The second-order valence-electron chi connectivity index (χ2n) is 5.19. The van der Waals surface area contributed by atoms with Gasteiger partial charge in [0.2, 0.25) is 5.91 Å². The van der Waals surface area contributed by atoms with E-state index in [4.69, 9.17) is 12.2 Å². The number of hydrogen-bond donors (Lipinski definition) is 0. The van der Waals surface area contributed by atoms with Gasteiger partial charge in [-0.05, 0) is 17.9 Å². The van der Waals surface area contributed by atoms with Gasteiger partial charge in [-0.15, -0.1) is 0 Å². The molecule has 0 aromatic heterocycles. The smallest absolute Gasteiger partial charge is 0.246 e. The Morgan fingerprint density at radius 2 is 1.95 bits per heavy atom. The topological polar surface area (TPSA) is 20.3 Å². The van der Waals surface area contributed by atoms with Gasteiger partial charge in [0, 0.05) is 5.39 Å². The van der Waals surface area contributed by atoms with Crippen LogP contribution in [0.15, 0.2) is 42.5 Å². The molecule has 1 atom stereocenters. The molecule has 1 unspecified atom stereocenters. The van der Waals surface area contributed by atoms with Crippen LogP contribution in [0.5, 0.6) is 0 Å². The van der Waals surface area contributed by atoms with E-state index in [1.165, 1.54) is 11.8 Å². The summed E-state index contributed by atoms with van der Waals surface area (Å²) in [6, 6.07) is 14.1. The molecular formula is C17H17NOS2.